The second-order valence-electron chi connectivity index (χ2n) is 7.24. The Bertz CT molecular complexity index is 768. The Kier molecular flexibility index (Phi) is 4.50. The average molecular weight is 334 g/mol. The van der Waals surface area contributed by atoms with Crippen LogP contribution in [0.1, 0.15) is 51.9 Å². The number of carbonyl (C=O) groups is 2. The molecule has 0 aliphatic carbocycles. The van der Waals surface area contributed by atoms with Gasteiger partial charge in [0.1, 0.15) is 16.8 Å². The first-order valence-electron chi connectivity index (χ1n) is 7.53. The lowest BCUT2D eigenvalue weighted by molar-refractivity contribution is 0.00728. The summed E-state index contributed by atoms with van der Waals surface area (Å²) in [6.45, 7) is 10.5. The number of hydrogen-bond donors (Lipinski definition) is 1. The predicted octanol–water partition coefficient (Wildman–Crippen LogP) is 3.03. The van der Waals surface area contributed by atoms with Crippen LogP contribution in [0.4, 0.5) is 10.6 Å². The highest BCUT2D eigenvalue weighted by Gasteiger charge is 2.28. The van der Waals surface area contributed by atoms with Crippen LogP contribution in [0.15, 0.2) is 18.5 Å². The van der Waals surface area contributed by atoms with E-state index in [2.05, 4.69) is 15.4 Å². The van der Waals surface area contributed by atoms with Crippen LogP contribution in [0.2, 0.25) is 0 Å². The third-order valence-electron chi connectivity index (χ3n) is 2.62. The molecule has 0 saturated carbocycles. The van der Waals surface area contributed by atoms with Crippen molar-refractivity contribution in [1.29, 1.82) is 0 Å². The van der Waals surface area contributed by atoms with Crippen molar-refractivity contribution in [3.05, 3.63) is 24.0 Å². The maximum atomic E-state index is 12.5. The number of hydrogen-bond acceptors (Lipinski definition) is 6. The van der Waals surface area contributed by atoms with Crippen molar-refractivity contribution in [3.63, 3.8) is 0 Å². The maximum Gasteiger partial charge on any atom is 0.413 e. The zero-order valence-corrected chi connectivity index (χ0v) is 14.7. The number of anilines is 1. The van der Waals surface area contributed by atoms with Gasteiger partial charge in [-0.05, 0) is 47.6 Å². The molecule has 0 fully saturated rings. The van der Waals surface area contributed by atoms with Gasteiger partial charge < -0.3 is 9.47 Å². The van der Waals surface area contributed by atoms with Gasteiger partial charge in [0.15, 0.2) is 11.5 Å². The molecular formula is C16H22N4O4. The number of rotatable bonds is 2. The summed E-state index contributed by atoms with van der Waals surface area (Å²) in [5.41, 5.74) is -0.995. The lowest BCUT2D eigenvalue weighted by Crippen LogP contribution is -2.28. The van der Waals surface area contributed by atoms with Gasteiger partial charge in [-0.25, -0.2) is 19.1 Å². The van der Waals surface area contributed by atoms with Crippen molar-refractivity contribution in [2.75, 3.05) is 5.32 Å². The summed E-state index contributed by atoms with van der Waals surface area (Å²) in [7, 11) is 0. The molecule has 1 N–H and O–H groups in total. The molecule has 8 nitrogen and oxygen atoms in total. The largest absolute Gasteiger partial charge is 0.456 e. The number of nitrogens with zero attached hydrogens (tertiary/aromatic N) is 3. The summed E-state index contributed by atoms with van der Waals surface area (Å²) in [5.74, 6) is -0.584. The fraction of sp³-hybridized carbons (Fsp3) is 0.500. The maximum absolute atomic E-state index is 12.5. The highest BCUT2D eigenvalue weighted by molar-refractivity contribution is 6.04. The molecule has 2 aromatic heterocycles. The van der Waals surface area contributed by atoms with E-state index in [-0.39, 0.29) is 17.0 Å². The molecule has 8 heteroatoms. The van der Waals surface area contributed by atoms with Crippen molar-refractivity contribution >= 4 is 23.5 Å². The fourth-order valence-electron chi connectivity index (χ4n) is 1.89. The van der Waals surface area contributed by atoms with Gasteiger partial charge in [0.2, 0.25) is 0 Å². The number of ether oxygens (including phenoxy) is 2. The van der Waals surface area contributed by atoms with Crippen LogP contribution in [0.5, 0.6) is 0 Å². The van der Waals surface area contributed by atoms with Crippen LogP contribution < -0.4 is 5.32 Å². The second kappa shape index (κ2) is 6.10. The molecule has 0 radical (unpaired) electrons. The zero-order chi connectivity index (χ0) is 18.1. The quantitative estimate of drug-likeness (QED) is 0.848. The standard InChI is InChI=1S/C16H22N4O4/c1-15(2,3)23-13(21)10-11(18-14(22)24-16(4,5)6)19-20-9-7-8-17-12(10)20/h7-9H,1-6H3,(H,18,19,22). The molecule has 2 heterocycles. The second-order valence-corrected chi connectivity index (χ2v) is 7.24. The minimum absolute atomic E-state index is 0.0391. The SMILES string of the molecule is CC(C)(C)OC(=O)Nc1nn2cccnc2c1C(=O)OC(C)(C)C. The third kappa shape index (κ3) is 4.43. The smallest absolute Gasteiger partial charge is 0.413 e. The monoisotopic (exact) mass is 334 g/mol. The summed E-state index contributed by atoms with van der Waals surface area (Å²) >= 11 is 0. The number of fused-ring (bicyclic) bond motifs is 1. The van der Waals surface area contributed by atoms with Gasteiger partial charge in [0.25, 0.3) is 0 Å². The Hall–Kier alpha value is -2.64. The van der Waals surface area contributed by atoms with E-state index in [1.165, 1.54) is 10.7 Å². The molecule has 24 heavy (non-hydrogen) atoms. The molecule has 0 unspecified atom stereocenters. The zero-order valence-electron chi connectivity index (χ0n) is 14.7. The van der Waals surface area contributed by atoms with Crippen molar-refractivity contribution < 1.29 is 19.1 Å². The van der Waals surface area contributed by atoms with Gasteiger partial charge in [-0.15, -0.1) is 5.10 Å². The van der Waals surface area contributed by atoms with Crippen molar-refractivity contribution in [2.24, 2.45) is 0 Å². The number of amides is 1. The van der Waals surface area contributed by atoms with E-state index in [0.717, 1.165) is 0 Å². The molecule has 2 aromatic rings. The summed E-state index contributed by atoms with van der Waals surface area (Å²) in [5, 5.41) is 6.66. The summed E-state index contributed by atoms with van der Waals surface area (Å²) in [6, 6.07) is 1.66. The molecule has 0 saturated heterocycles. The highest BCUT2D eigenvalue weighted by Crippen LogP contribution is 2.23. The van der Waals surface area contributed by atoms with Crippen LogP contribution in [0, 0.1) is 0 Å². The van der Waals surface area contributed by atoms with Crippen molar-refractivity contribution in [3.8, 4) is 0 Å². The first-order valence-corrected chi connectivity index (χ1v) is 7.53. The van der Waals surface area contributed by atoms with Crippen LogP contribution in [-0.4, -0.2) is 37.9 Å². The Labute approximate surface area is 140 Å². The van der Waals surface area contributed by atoms with Gasteiger partial charge in [-0.2, -0.15) is 0 Å². The van der Waals surface area contributed by atoms with E-state index in [4.69, 9.17) is 9.47 Å². The fourth-order valence-corrected chi connectivity index (χ4v) is 1.89. The highest BCUT2D eigenvalue weighted by atomic mass is 16.6. The Morgan fingerprint density at radius 2 is 1.71 bits per heavy atom. The first kappa shape index (κ1) is 17.7. The molecule has 0 aromatic carbocycles. The Morgan fingerprint density at radius 1 is 1.08 bits per heavy atom. The normalized spacial score (nSPS) is 12.1. The predicted molar refractivity (Wildman–Crippen MR) is 88.0 cm³/mol. The van der Waals surface area contributed by atoms with Crippen LogP contribution in [-0.2, 0) is 9.47 Å². The van der Waals surface area contributed by atoms with Crippen LogP contribution in [0.3, 0.4) is 0 Å². The number of aromatic nitrogens is 3. The van der Waals surface area contributed by atoms with Gasteiger partial charge in [-0.3, -0.25) is 5.32 Å². The van der Waals surface area contributed by atoms with Gasteiger partial charge in [0, 0.05) is 12.4 Å². The summed E-state index contributed by atoms with van der Waals surface area (Å²) in [4.78, 5) is 28.7. The first-order chi connectivity index (χ1) is 11.0. The molecule has 0 spiro atoms. The lowest BCUT2D eigenvalue weighted by Gasteiger charge is -2.20. The van der Waals surface area contributed by atoms with Gasteiger partial charge in [0.05, 0.1) is 0 Å². The number of esters is 1. The molecule has 1 amide bonds. The molecule has 130 valence electrons. The van der Waals surface area contributed by atoms with E-state index < -0.39 is 23.3 Å². The van der Waals surface area contributed by atoms with Crippen LogP contribution in [0.25, 0.3) is 5.65 Å². The summed E-state index contributed by atoms with van der Waals surface area (Å²) in [6.07, 6.45) is 2.44. The lowest BCUT2D eigenvalue weighted by atomic mass is 10.2. The van der Waals surface area contributed by atoms with E-state index in [1.807, 2.05) is 0 Å². The van der Waals surface area contributed by atoms with Crippen molar-refractivity contribution in [1.82, 2.24) is 14.6 Å². The topological polar surface area (TPSA) is 94.8 Å². The minimum atomic E-state index is -0.712. The molecule has 0 bridgehead atoms. The number of nitrogens with one attached hydrogen (secondary N) is 1. The number of carbonyl (C=O) groups excluding carboxylic acids is 2. The third-order valence-corrected chi connectivity index (χ3v) is 2.62. The molecule has 0 aliphatic heterocycles. The van der Waals surface area contributed by atoms with Gasteiger partial charge >= 0.3 is 12.1 Å². The Balaban J connectivity index is 2.40. The van der Waals surface area contributed by atoms with Gasteiger partial charge in [-0.1, -0.05) is 0 Å². The van der Waals surface area contributed by atoms with Crippen LogP contribution >= 0.6 is 0 Å². The molecule has 0 aliphatic rings. The molecule has 0 atom stereocenters. The van der Waals surface area contributed by atoms with E-state index in [9.17, 15) is 9.59 Å². The van der Waals surface area contributed by atoms with E-state index >= 15 is 0 Å². The molecular weight excluding hydrogens is 312 g/mol. The Morgan fingerprint density at radius 3 is 2.29 bits per heavy atom. The van der Waals surface area contributed by atoms with E-state index in [1.54, 1.807) is 53.8 Å². The minimum Gasteiger partial charge on any atom is -0.456 e. The molecule has 2 rings (SSSR count). The van der Waals surface area contributed by atoms with Crippen molar-refractivity contribution in [2.45, 2.75) is 52.7 Å². The van der Waals surface area contributed by atoms with E-state index in [0.29, 0.717) is 0 Å². The average Bonchev–Trinajstić information content (AvgIpc) is 2.71. The summed E-state index contributed by atoms with van der Waals surface area (Å²) < 4.78 is 12.0.